The summed E-state index contributed by atoms with van der Waals surface area (Å²) in [4.78, 5) is 37.7. The highest BCUT2D eigenvalue weighted by Crippen LogP contribution is 2.27. The summed E-state index contributed by atoms with van der Waals surface area (Å²) < 4.78 is 6.45. The van der Waals surface area contributed by atoms with Crippen LogP contribution in [0.5, 0.6) is 0 Å². The van der Waals surface area contributed by atoms with Gasteiger partial charge in [-0.2, -0.15) is 4.98 Å². The van der Waals surface area contributed by atoms with Crippen molar-refractivity contribution in [1.29, 1.82) is 0 Å². The lowest BCUT2D eigenvalue weighted by Gasteiger charge is -2.16. The summed E-state index contributed by atoms with van der Waals surface area (Å²) in [5.41, 5.74) is 5.11. The molecular formula is C13H18N4O7. The quantitative estimate of drug-likeness (QED) is 0.365. The van der Waals surface area contributed by atoms with Gasteiger partial charge >= 0.3 is 11.7 Å². The number of carboxylic acids is 1. The predicted molar refractivity (Wildman–Crippen MR) is 78.9 cm³/mol. The summed E-state index contributed by atoms with van der Waals surface area (Å²) in [5.74, 6) is -1.95. The van der Waals surface area contributed by atoms with Crippen LogP contribution >= 0.6 is 0 Å². The number of ether oxygens (including phenoxy) is 1. The average Bonchev–Trinajstić information content (AvgIpc) is 2.88. The molecule has 2 heterocycles. The molecule has 6 N–H and O–H groups in total. The Labute approximate surface area is 135 Å². The molecular weight excluding hydrogens is 324 g/mol. The summed E-state index contributed by atoms with van der Waals surface area (Å²) in [7, 11) is 0. The molecule has 1 aromatic rings. The fraction of sp³-hybridized carbons (Fsp3) is 0.538. The van der Waals surface area contributed by atoms with Crippen LogP contribution in [0.3, 0.4) is 0 Å². The second-order valence-electron chi connectivity index (χ2n) is 5.30. The molecule has 0 aliphatic carbocycles. The minimum atomic E-state index is -1.19. The topological polar surface area (TPSA) is 177 Å². The molecule has 24 heavy (non-hydrogen) atoms. The molecule has 132 valence electrons. The van der Waals surface area contributed by atoms with Crippen molar-refractivity contribution in [2.45, 2.75) is 31.3 Å². The molecule has 1 amide bonds. The Morgan fingerprint density at radius 1 is 1.50 bits per heavy atom. The van der Waals surface area contributed by atoms with Crippen molar-refractivity contribution in [3.8, 4) is 0 Å². The maximum atomic E-state index is 12.0. The molecule has 1 aromatic heterocycles. The van der Waals surface area contributed by atoms with E-state index in [0.717, 1.165) is 4.57 Å². The number of aliphatic carboxylic acids is 1. The number of nitrogens with one attached hydrogen (secondary N) is 1. The van der Waals surface area contributed by atoms with Crippen LogP contribution in [0.25, 0.3) is 0 Å². The van der Waals surface area contributed by atoms with Crippen molar-refractivity contribution in [2.75, 3.05) is 18.9 Å². The van der Waals surface area contributed by atoms with Crippen LogP contribution in [0, 0.1) is 0 Å². The molecule has 11 nitrogen and oxygen atoms in total. The zero-order valence-electron chi connectivity index (χ0n) is 12.6. The van der Waals surface area contributed by atoms with Gasteiger partial charge in [0.25, 0.3) is 0 Å². The molecule has 1 fully saturated rings. The number of nitrogens with zero attached hydrogens (tertiary/aromatic N) is 2. The second kappa shape index (κ2) is 7.38. The van der Waals surface area contributed by atoms with E-state index in [1.165, 1.54) is 6.20 Å². The van der Waals surface area contributed by atoms with Gasteiger partial charge in [-0.05, 0) is 0 Å². The monoisotopic (exact) mass is 342 g/mol. The van der Waals surface area contributed by atoms with E-state index in [4.69, 9.17) is 20.7 Å². The van der Waals surface area contributed by atoms with Gasteiger partial charge in [0.05, 0.1) is 19.1 Å². The molecule has 1 aliphatic rings. The number of anilines is 1. The van der Waals surface area contributed by atoms with Gasteiger partial charge < -0.3 is 31.1 Å². The van der Waals surface area contributed by atoms with E-state index in [1.807, 2.05) is 0 Å². The number of nitrogens with two attached hydrogens (primary N) is 1. The molecule has 0 bridgehead atoms. The van der Waals surface area contributed by atoms with Crippen molar-refractivity contribution >= 4 is 17.7 Å². The lowest BCUT2D eigenvalue weighted by atomic mass is 10.2. The summed E-state index contributed by atoms with van der Waals surface area (Å²) in [6, 6.07) is 0. The Bertz CT molecular complexity index is 689. The Hall–Kier alpha value is -2.50. The van der Waals surface area contributed by atoms with E-state index >= 15 is 0 Å². The van der Waals surface area contributed by atoms with Gasteiger partial charge in [0.1, 0.15) is 24.7 Å². The number of aliphatic hydroxyl groups is 2. The van der Waals surface area contributed by atoms with Crippen LogP contribution in [0.4, 0.5) is 5.82 Å². The van der Waals surface area contributed by atoms with Gasteiger partial charge in [-0.15, -0.1) is 0 Å². The standard InChI is InChI=1S/C13H18N4O7/c14-12-6(1-9(20)15-3-11(21)22)4-17(13(23)16-12)10-2-7(19)8(5-18)24-10/h4,7-8,10,18-19H,1-3,5H2,(H,15,20)(H,21,22)(H2,14,16,23)/t7-,8+,10+/m0/s1. The summed E-state index contributed by atoms with van der Waals surface area (Å²) >= 11 is 0. The number of aromatic nitrogens is 2. The molecule has 0 radical (unpaired) electrons. The molecule has 1 saturated heterocycles. The predicted octanol–water partition coefficient (Wildman–Crippen LogP) is -2.79. The van der Waals surface area contributed by atoms with Crippen LogP contribution in [-0.2, 0) is 20.7 Å². The first-order chi connectivity index (χ1) is 11.3. The van der Waals surface area contributed by atoms with E-state index in [-0.39, 0.29) is 24.2 Å². The second-order valence-corrected chi connectivity index (χ2v) is 5.30. The molecule has 1 aliphatic heterocycles. The number of carbonyl (C=O) groups is 2. The van der Waals surface area contributed by atoms with Gasteiger partial charge in [-0.25, -0.2) is 4.79 Å². The van der Waals surface area contributed by atoms with Crippen molar-refractivity contribution < 1.29 is 29.6 Å². The molecule has 3 atom stereocenters. The van der Waals surface area contributed by atoms with E-state index in [9.17, 15) is 19.5 Å². The molecule has 0 spiro atoms. The van der Waals surface area contributed by atoms with Crippen LogP contribution < -0.4 is 16.7 Å². The van der Waals surface area contributed by atoms with Gasteiger partial charge in [-0.3, -0.25) is 14.2 Å². The van der Waals surface area contributed by atoms with E-state index in [0.29, 0.717) is 0 Å². The first-order valence-corrected chi connectivity index (χ1v) is 7.12. The fourth-order valence-electron chi connectivity index (χ4n) is 2.32. The third-order valence-electron chi connectivity index (χ3n) is 3.54. The molecule has 11 heteroatoms. The number of aliphatic hydroxyl groups excluding tert-OH is 2. The number of hydrogen-bond acceptors (Lipinski definition) is 8. The fourth-order valence-corrected chi connectivity index (χ4v) is 2.32. The summed E-state index contributed by atoms with van der Waals surface area (Å²) in [6.45, 7) is -0.943. The Morgan fingerprint density at radius 3 is 2.79 bits per heavy atom. The zero-order chi connectivity index (χ0) is 17.9. The number of carbonyl (C=O) groups excluding carboxylic acids is 1. The number of hydrogen-bond donors (Lipinski definition) is 5. The minimum Gasteiger partial charge on any atom is -0.480 e. The first-order valence-electron chi connectivity index (χ1n) is 7.12. The number of carboxylic acid groups (broad SMARTS) is 1. The van der Waals surface area contributed by atoms with Gasteiger partial charge in [0.2, 0.25) is 5.91 Å². The highest BCUT2D eigenvalue weighted by Gasteiger charge is 2.35. The smallest absolute Gasteiger partial charge is 0.351 e. The molecule has 0 unspecified atom stereocenters. The number of rotatable bonds is 6. The summed E-state index contributed by atoms with van der Waals surface area (Å²) in [6.07, 6.45) is -1.53. The lowest BCUT2D eigenvalue weighted by molar-refractivity contribution is -0.137. The molecule has 0 aromatic carbocycles. The molecule has 2 rings (SSSR count). The molecule has 0 saturated carbocycles. The highest BCUT2D eigenvalue weighted by molar-refractivity contribution is 5.83. The van der Waals surface area contributed by atoms with Crippen LogP contribution in [0.1, 0.15) is 18.2 Å². The van der Waals surface area contributed by atoms with Crippen LogP contribution in [0.15, 0.2) is 11.0 Å². The maximum absolute atomic E-state index is 12.0. The lowest BCUT2D eigenvalue weighted by Crippen LogP contribution is -2.33. The largest absolute Gasteiger partial charge is 0.480 e. The number of amides is 1. The van der Waals surface area contributed by atoms with E-state index < -0.39 is 49.2 Å². The van der Waals surface area contributed by atoms with Gasteiger partial charge in [-0.1, -0.05) is 0 Å². The van der Waals surface area contributed by atoms with Gasteiger partial charge in [0, 0.05) is 18.2 Å². The van der Waals surface area contributed by atoms with Crippen molar-refractivity contribution in [3.05, 3.63) is 22.2 Å². The minimum absolute atomic E-state index is 0.0708. The third-order valence-corrected chi connectivity index (χ3v) is 3.54. The van der Waals surface area contributed by atoms with Gasteiger partial charge in [0.15, 0.2) is 0 Å². The Kier molecular flexibility index (Phi) is 5.49. The average molecular weight is 342 g/mol. The Balaban J connectivity index is 2.18. The Morgan fingerprint density at radius 2 is 2.21 bits per heavy atom. The number of nitrogen functional groups attached to an aromatic ring is 1. The van der Waals surface area contributed by atoms with E-state index in [1.54, 1.807) is 0 Å². The van der Waals surface area contributed by atoms with Crippen molar-refractivity contribution in [2.24, 2.45) is 0 Å². The summed E-state index contributed by atoms with van der Waals surface area (Å²) in [5, 5.41) is 29.5. The van der Waals surface area contributed by atoms with E-state index in [2.05, 4.69) is 10.3 Å². The normalized spacial score (nSPS) is 23.2. The highest BCUT2D eigenvalue weighted by atomic mass is 16.5. The third kappa shape index (κ3) is 4.07. The maximum Gasteiger partial charge on any atom is 0.351 e. The van der Waals surface area contributed by atoms with Crippen LogP contribution in [-0.4, -0.2) is 62.1 Å². The SMILES string of the molecule is Nc1nc(=O)n([C@H]2C[C@H](O)[C@@H](CO)O2)cc1CC(=O)NCC(=O)O. The van der Waals surface area contributed by atoms with Crippen molar-refractivity contribution in [3.63, 3.8) is 0 Å². The van der Waals surface area contributed by atoms with Crippen molar-refractivity contribution in [1.82, 2.24) is 14.9 Å². The first kappa shape index (κ1) is 17.8. The zero-order valence-corrected chi connectivity index (χ0v) is 12.6. The van der Waals surface area contributed by atoms with Crippen LogP contribution in [0.2, 0.25) is 0 Å².